The average molecular weight is 269 g/mol. The maximum Gasteiger partial charge on any atom is 0.222 e. The molecule has 0 radical (unpaired) electrons. The zero-order chi connectivity index (χ0) is 14.1. The fourth-order valence-corrected chi connectivity index (χ4v) is 2.08. The molecule has 0 saturated heterocycles. The number of hydrazine groups is 1. The van der Waals surface area contributed by atoms with Crippen molar-refractivity contribution in [3.8, 4) is 11.1 Å². The Bertz CT molecular complexity index is 770. The number of nitrogen functional groups attached to an aromatic ring is 2. The largest absolute Gasteiger partial charge is 0.368 e. The van der Waals surface area contributed by atoms with Gasteiger partial charge in [0.2, 0.25) is 5.95 Å². The first kappa shape index (κ1) is 12.3. The van der Waals surface area contributed by atoms with Crippen LogP contribution in [0, 0.1) is 5.82 Å². The summed E-state index contributed by atoms with van der Waals surface area (Å²) in [6.07, 6.45) is 0. The van der Waals surface area contributed by atoms with Gasteiger partial charge in [-0.2, -0.15) is 4.98 Å². The Balaban J connectivity index is 2.19. The van der Waals surface area contributed by atoms with Gasteiger partial charge in [0.15, 0.2) is 5.82 Å². The van der Waals surface area contributed by atoms with E-state index >= 15 is 0 Å². The van der Waals surface area contributed by atoms with Gasteiger partial charge in [-0.05, 0) is 35.4 Å². The molecule has 100 valence electrons. The second-order valence-electron chi connectivity index (χ2n) is 4.31. The number of anilines is 2. The number of fused-ring (bicyclic) bond motifs is 1. The molecule has 0 atom stereocenters. The highest BCUT2D eigenvalue weighted by atomic mass is 19.1. The van der Waals surface area contributed by atoms with Crippen molar-refractivity contribution < 1.29 is 4.39 Å². The van der Waals surface area contributed by atoms with Crippen LogP contribution in [-0.2, 0) is 0 Å². The monoisotopic (exact) mass is 269 g/mol. The molecule has 0 unspecified atom stereocenters. The first-order chi connectivity index (χ1) is 9.67. The highest BCUT2D eigenvalue weighted by Gasteiger charge is 2.07. The Morgan fingerprint density at radius 2 is 1.65 bits per heavy atom. The van der Waals surface area contributed by atoms with Gasteiger partial charge in [-0.15, -0.1) is 0 Å². The predicted octanol–water partition coefficient (Wildman–Crippen LogP) is 2.30. The molecular formula is C14H12FN5. The highest BCUT2D eigenvalue weighted by Crippen LogP contribution is 2.27. The van der Waals surface area contributed by atoms with E-state index in [0.717, 1.165) is 16.5 Å². The van der Waals surface area contributed by atoms with Gasteiger partial charge in [-0.3, -0.25) is 0 Å². The number of nitrogens with two attached hydrogens (primary N) is 2. The number of aromatic nitrogens is 2. The van der Waals surface area contributed by atoms with E-state index < -0.39 is 0 Å². The van der Waals surface area contributed by atoms with Crippen LogP contribution in [0.1, 0.15) is 0 Å². The summed E-state index contributed by atoms with van der Waals surface area (Å²) >= 11 is 0. The van der Waals surface area contributed by atoms with Crippen LogP contribution in [0.25, 0.3) is 22.0 Å². The number of hydrogen-bond donors (Lipinski definition) is 3. The number of hydrogen-bond acceptors (Lipinski definition) is 5. The lowest BCUT2D eigenvalue weighted by molar-refractivity contribution is 0.628. The van der Waals surface area contributed by atoms with Crippen molar-refractivity contribution in [1.29, 1.82) is 0 Å². The average Bonchev–Trinajstić information content (AvgIpc) is 2.46. The number of nitrogens with zero attached hydrogens (tertiary/aromatic N) is 2. The van der Waals surface area contributed by atoms with Crippen LogP contribution in [0.2, 0.25) is 0 Å². The van der Waals surface area contributed by atoms with Gasteiger partial charge in [0.05, 0.1) is 5.52 Å². The van der Waals surface area contributed by atoms with Gasteiger partial charge < -0.3 is 11.2 Å². The third-order valence-corrected chi connectivity index (χ3v) is 3.03. The van der Waals surface area contributed by atoms with Crippen LogP contribution in [0.3, 0.4) is 0 Å². The predicted molar refractivity (Wildman–Crippen MR) is 77.2 cm³/mol. The van der Waals surface area contributed by atoms with Crippen molar-refractivity contribution in [2.75, 3.05) is 11.2 Å². The lowest BCUT2D eigenvalue weighted by Crippen LogP contribution is -2.11. The second-order valence-corrected chi connectivity index (χ2v) is 4.31. The van der Waals surface area contributed by atoms with E-state index in [-0.39, 0.29) is 11.8 Å². The van der Waals surface area contributed by atoms with Crippen molar-refractivity contribution in [1.82, 2.24) is 9.97 Å². The van der Waals surface area contributed by atoms with E-state index in [4.69, 9.17) is 11.6 Å². The molecule has 3 aromatic rings. The van der Waals surface area contributed by atoms with Crippen molar-refractivity contribution in [2.45, 2.75) is 0 Å². The Hall–Kier alpha value is -2.73. The zero-order valence-corrected chi connectivity index (χ0v) is 10.5. The standard InChI is InChI=1S/C14H12FN5/c15-10-4-1-8(2-5-10)9-3-6-12-11(7-9)13(20-17)19-14(16)18-12/h1-7H,17H2,(H3,16,18,19,20). The molecule has 6 heteroatoms. The van der Waals surface area contributed by atoms with Crippen LogP contribution in [0.4, 0.5) is 16.2 Å². The van der Waals surface area contributed by atoms with Crippen molar-refractivity contribution >= 4 is 22.7 Å². The van der Waals surface area contributed by atoms with E-state index in [1.165, 1.54) is 12.1 Å². The summed E-state index contributed by atoms with van der Waals surface area (Å²) in [6.45, 7) is 0. The maximum atomic E-state index is 13.0. The number of nitrogens with one attached hydrogen (secondary N) is 1. The van der Waals surface area contributed by atoms with Gasteiger partial charge in [-0.25, -0.2) is 15.2 Å². The summed E-state index contributed by atoms with van der Waals surface area (Å²) < 4.78 is 13.0. The molecule has 0 aliphatic carbocycles. The van der Waals surface area contributed by atoms with Crippen molar-refractivity contribution in [3.05, 3.63) is 48.3 Å². The molecule has 20 heavy (non-hydrogen) atoms. The van der Waals surface area contributed by atoms with Gasteiger partial charge in [0.25, 0.3) is 0 Å². The molecular weight excluding hydrogens is 257 g/mol. The van der Waals surface area contributed by atoms with E-state index in [9.17, 15) is 4.39 Å². The van der Waals surface area contributed by atoms with Crippen molar-refractivity contribution in [2.24, 2.45) is 5.84 Å². The Labute approximate surface area is 114 Å². The third kappa shape index (κ3) is 2.12. The minimum atomic E-state index is -0.269. The fourth-order valence-electron chi connectivity index (χ4n) is 2.08. The minimum Gasteiger partial charge on any atom is -0.368 e. The van der Waals surface area contributed by atoms with Crippen LogP contribution in [-0.4, -0.2) is 9.97 Å². The topological polar surface area (TPSA) is 89.8 Å². The summed E-state index contributed by atoms with van der Waals surface area (Å²) in [4.78, 5) is 8.18. The second kappa shape index (κ2) is 4.75. The SMILES string of the molecule is NNc1nc(N)nc2ccc(-c3ccc(F)cc3)cc12. The molecule has 0 saturated carbocycles. The summed E-state index contributed by atoms with van der Waals surface area (Å²) in [7, 11) is 0. The quantitative estimate of drug-likeness (QED) is 0.490. The molecule has 1 heterocycles. The summed E-state index contributed by atoms with van der Waals surface area (Å²) in [5.41, 5.74) is 10.6. The molecule has 0 fully saturated rings. The summed E-state index contributed by atoms with van der Waals surface area (Å²) in [6, 6.07) is 11.9. The fraction of sp³-hybridized carbons (Fsp3) is 0. The van der Waals surface area contributed by atoms with Gasteiger partial charge in [-0.1, -0.05) is 18.2 Å². The normalized spacial score (nSPS) is 10.7. The highest BCUT2D eigenvalue weighted by molar-refractivity contribution is 5.93. The molecule has 0 amide bonds. The van der Waals surface area contributed by atoms with E-state index in [1.807, 2.05) is 18.2 Å². The molecule has 5 N–H and O–H groups in total. The zero-order valence-electron chi connectivity index (χ0n) is 10.5. The summed E-state index contributed by atoms with van der Waals surface area (Å²) in [5.74, 6) is 5.79. The van der Waals surface area contributed by atoms with Crippen LogP contribution < -0.4 is 17.0 Å². The lowest BCUT2D eigenvalue weighted by Gasteiger charge is -2.08. The molecule has 2 aromatic carbocycles. The molecule has 0 aliphatic heterocycles. The number of benzene rings is 2. The molecule has 0 bridgehead atoms. The van der Waals surface area contributed by atoms with Crippen LogP contribution in [0.15, 0.2) is 42.5 Å². The first-order valence-electron chi connectivity index (χ1n) is 5.97. The van der Waals surface area contributed by atoms with Crippen molar-refractivity contribution in [3.63, 3.8) is 0 Å². The lowest BCUT2D eigenvalue weighted by atomic mass is 10.0. The maximum absolute atomic E-state index is 13.0. The number of rotatable bonds is 2. The van der Waals surface area contributed by atoms with E-state index in [2.05, 4.69) is 15.4 Å². The smallest absolute Gasteiger partial charge is 0.222 e. The van der Waals surface area contributed by atoms with Gasteiger partial charge in [0.1, 0.15) is 5.82 Å². The Kier molecular flexibility index (Phi) is 2.92. The Morgan fingerprint density at radius 1 is 0.950 bits per heavy atom. The third-order valence-electron chi connectivity index (χ3n) is 3.03. The number of halogens is 1. The molecule has 1 aromatic heterocycles. The van der Waals surface area contributed by atoms with Gasteiger partial charge >= 0.3 is 0 Å². The molecule has 0 spiro atoms. The van der Waals surface area contributed by atoms with Crippen LogP contribution >= 0.6 is 0 Å². The summed E-state index contributed by atoms with van der Waals surface area (Å²) in [5, 5.41) is 0.753. The first-order valence-corrected chi connectivity index (χ1v) is 5.97. The molecule has 0 aliphatic rings. The Morgan fingerprint density at radius 3 is 2.35 bits per heavy atom. The molecule has 3 rings (SSSR count). The van der Waals surface area contributed by atoms with Gasteiger partial charge in [0, 0.05) is 5.39 Å². The molecule has 5 nitrogen and oxygen atoms in total. The minimum absolute atomic E-state index is 0.153. The van der Waals surface area contributed by atoms with E-state index in [0.29, 0.717) is 11.3 Å². The van der Waals surface area contributed by atoms with E-state index in [1.54, 1.807) is 12.1 Å². The van der Waals surface area contributed by atoms with Crippen LogP contribution in [0.5, 0.6) is 0 Å².